The molecule has 0 aromatic rings. The van der Waals surface area contributed by atoms with Crippen molar-refractivity contribution < 1.29 is 26.3 Å². The molecule has 150 valence electrons. The van der Waals surface area contributed by atoms with Crippen molar-refractivity contribution in [1.29, 1.82) is 0 Å². The Hall–Kier alpha value is -0.420. The highest BCUT2D eigenvalue weighted by Gasteiger charge is 2.73. The van der Waals surface area contributed by atoms with Crippen molar-refractivity contribution in [3.05, 3.63) is 0 Å². The lowest BCUT2D eigenvalue weighted by Gasteiger charge is -2.47. The molecule has 6 heteroatoms. The minimum atomic E-state index is -5.27. The Labute approximate surface area is 147 Å². The molecule has 0 N–H and O–H groups in total. The summed E-state index contributed by atoms with van der Waals surface area (Å²) in [5.74, 6) is -1.36. The van der Waals surface area contributed by atoms with Gasteiger partial charge in [0.15, 0.2) is 5.41 Å². The molecule has 25 heavy (non-hydrogen) atoms. The highest BCUT2D eigenvalue weighted by molar-refractivity contribution is 5.00. The Bertz CT molecular complexity index is 397. The van der Waals surface area contributed by atoms with Gasteiger partial charge in [-0.1, -0.05) is 47.5 Å². The summed E-state index contributed by atoms with van der Waals surface area (Å²) < 4.78 is 83.4. The molecule has 0 aromatic heterocycles. The Kier molecular flexibility index (Phi) is 7.31. The van der Waals surface area contributed by atoms with Crippen LogP contribution in [-0.2, 0) is 0 Å². The largest absolute Gasteiger partial charge is 0.403 e. The molecule has 5 unspecified atom stereocenters. The Balaban J connectivity index is 3.21. The fraction of sp³-hybridized carbons (Fsp3) is 1.00. The third-order valence-electron chi connectivity index (χ3n) is 6.92. The maximum absolute atomic E-state index is 13.9. The summed E-state index contributed by atoms with van der Waals surface area (Å²) >= 11 is 0. The van der Waals surface area contributed by atoms with Crippen LogP contribution in [-0.4, -0.2) is 12.4 Å². The second-order valence-electron chi connectivity index (χ2n) is 8.33. The third-order valence-corrected chi connectivity index (χ3v) is 6.92. The predicted octanol–water partition coefficient (Wildman–Crippen LogP) is 7.63. The molecule has 1 fully saturated rings. The molecule has 0 radical (unpaired) electrons. The molecule has 0 spiro atoms. The maximum Gasteiger partial charge on any atom is 0.403 e. The first-order valence-electron chi connectivity index (χ1n) is 9.41. The maximum atomic E-state index is 13.9. The zero-order chi connectivity index (χ0) is 19.6. The van der Waals surface area contributed by atoms with Gasteiger partial charge < -0.3 is 0 Å². The summed E-state index contributed by atoms with van der Waals surface area (Å²) in [6.07, 6.45) is -10.3. The lowest BCUT2D eigenvalue weighted by molar-refractivity contribution is -0.365. The van der Waals surface area contributed by atoms with Gasteiger partial charge in [0, 0.05) is 0 Å². The summed E-state index contributed by atoms with van der Waals surface area (Å²) in [6.45, 7) is 9.24. The molecule has 1 rings (SSSR count). The summed E-state index contributed by atoms with van der Waals surface area (Å²) in [7, 11) is 0. The highest BCUT2D eigenvalue weighted by Crippen LogP contribution is 2.62. The standard InChI is InChI=1S/C19H32F6/c1-6-12(2)14(4)9-10-17(18(20,21)22,19(23,24)25)16-8-7-13(3)15(5)11-16/h12-16H,6-11H2,1-5H3. The van der Waals surface area contributed by atoms with Gasteiger partial charge in [0.25, 0.3) is 0 Å². The lowest BCUT2D eigenvalue weighted by Crippen LogP contribution is -2.56. The first-order chi connectivity index (χ1) is 11.3. The number of hydrogen-bond donors (Lipinski definition) is 0. The smallest absolute Gasteiger partial charge is 0.170 e. The van der Waals surface area contributed by atoms with Crippen molar-refractivity contribution >= 4 is 0 Å². The van der Waals surface area contributed by atoms with E-state index in [2.05, 4.69) is 0 Å². The van der Waals surface area contributed by atoms with Crippen LogP contribution in [0.1, 0.15) is 73.1 Å². The lowest BCUT2D eigenvalue weighted by atomic mass is 9.61. The topological polar surface area (TPSA) is 0 Å². The van der Waals surface area contributed by atoms with Crippen LogP contribution in [0.3, 0.4) is 0 Å². The molecule has 0 bridgehead atoms. The summed E-state index contributed by atoms with van der Waals surface area (Å²) in [5, 5.41) is 0. The van der Waals surface area contributed by atoms with Crippen molar-refractivity contribution in [2.45, 2.75) is 85.5 Å². The van der Waals surface area contributed by atoms with E-state index in [9.17, 15) is 26.3 Å². The first-order valence-corrected chi connectivity index (χ1v) is 9.41. The van der Waals surface area contributed by atoms with Gasteiger partial charge in [-0.15, -0.1) is 0 Å². The van der Waals surface area contributed by atoms with Crippen LogP contribution in [0.2, 0.25) is 0 Å². The van der Waals surface area contributed by atoms with Crippen LogP contribution in [0.25, 0.3) is 0 Å². The number of alkyl halides is 6. The van der Waals surface area contributed by atoms with Crippen molar-refractivity contribution in [2.24, 2.45) is 35.0 Å². The normalized spacial score (nSPS) is 28.7. The zero-order valence-electron chi connectivity index (χ0n) is 15.9. The molecule has 1 saturated carbocycles. The van der Waals surface area contributed by atoms with Crippen molar-refractivity contribution in [2.75, 3.05) is 0 Å². The zero-order valence-corrected chi connectivity index (χ0v) is 15.9. The summed E-state index contributed by atoms with van der Waals surface area (Å²) in [5.41, 5.74) is -3.57. The van der Waals surface area contributed by atoms with Gasteiger partial charge in [-0.25, -0.2) is 0 Å². The molecule has 0 saturated heterocycles. The van der Waals surface area contributed by atoms with Gasteiger partial charge in [-0.2, -0.15) is 26.3 Å². The quantitative estimate of drug-likeness (QED) is 0.419. The van der Waals surface area contributed by atoms with Crippen LogP contribution in [0.15, 0.2) is 0 Å². The SMILES string of the molecule is CCC(C)C(C)CCC(C1CCC(C)C(C)C1)(C(F)(F)F)C(F)(F)F. The van der Waals surface area contributed by atoms with E-state index in [1.165, 1.54) is 0 Å². The van der Waals surface area contributed by atoms with E-state index in [0.717, 1.165) is 6.42 Å². The highest BCUT2D eigenvalue weighted by atomic mass is 19.4. The Morgan fingerprint density at radius 1 is 0.840 bits per heavy atom. The molecule has 0 heterocycles. The van der Waals surface area contributed by atoms with Crippen LogP contribution >= 0.6 is 0 Å². The van der Waals surface area contributed by atoms with E-state index in [0.29, 0.717) is 6.42 Å². The molecular formula is C19H32F6. The second-order valence-corrected chi connectivity index (χ2v) is 8.33. The van der Waals surface area contributed by atoms with E-state index in [1.54, 1.807) is 13.8 Å². The number of rotatable bonds is 6. The fourth-order valence-corrected chi connectivity index (χ4v) is 4.25. The van der Waals surface area contributed by atoms with Crippen LogP contribution in [0, 0.1) is 35.0 Å². The van der Waals surface area contributed by atoms with Gasteiger partial charge in [0.05, 0.1) is 0 Å². The minimum Gasteiger partial charge on any atom is -0.170 e. The van der Waals surface area contributed by atoms with Gasteiger partial charge in [0.2, 0.25) is 0 Å². The van der Waals surface area contributed by atoms with Crippen molar-refractivity contribution in [1.82, 2.24) is 0 Å². The molecule has 1 aliphatic carbocycles. The van der Waals surface area contributed by atoms with Crippen molar-refractivity contribution in [3.63, 3.8) is 0 Å². The van der Waals surface area contributed by atoms with E-state index < -0.39 is 30.1 Å². The van der Waals surface area contributed by atoms with E-state index >= 15 is 0 Å². The van der Waals surface area contributed by atoms with E-state index in [4.69, 9.17) is 0 Å². The Morgan fingerprint density at radius 3 is 1.76 bits per heavy atom. The molecule has 5 atom stereocenters. The van der Waals surface area contributed by atoms with Gasteiger partial charge >= 0.3 is 12.4 Å². The molecule has 0 aromatic carbocycles. The third kappa shape index (κ3) is 4.65. The molecule has 0 nitrogen and oxygen atoms in total. The first kappa shape index (κ1) is 22.6. The Morgan fingerprint density at radius 2 is 1.36 bits per heavy atom. The van der Waals surface area contributed by atoms with Gasteiger partial charge in [-0.3, -0.25) is 0 Å². The predicted molar refractivity (Wildman–Crippen MR) is 88.1 cm³/mol. The fourth-order valence-electron chi connectivity index (χ4n) is 4.25. The minimum absolute atomic E-state index is 0.00208. The number of halogens is 6. The second kappa shape index (κ2) is 8.08. The molecule has 0 aliphatic heterocycles. The summed E-state index contributed by atoms with van der Waals surface area (Å²) in [4.78, 5) is 0. The monoisotopic (exact) mass is 374 g/mol. The summed E-state index contributed by atoms with van der Waals surface area (Å²) in [6, 6.07) is 0. The van der Waals surface area contributed by atoms with Gasteiger partial charge in [0.1, 0.15) is 0 Å². The number of hydrogen-bond acceptors (Lipinski definition) is 0. The van der Waals surface area contributed by atoms with Crippen molar-refractivity contribution in [3.8, 4) is 0 Å². The van der Waals surface area contributed by atoms with E-state index in [-0.39, 0.29) is 42.9 Å². The molecule has 1 aliphatic rings. The van der Waals surface area contributed by atoms with E-state index in [1.807, 2.05) is 20.8 Å². The van der Waals surface area contributed by atoms with Gasteiger partial charge in [-0.05, 0) is 55.3 Å². The average Bonchev–Trinajstić information content (AvgIpc) is 2.47. The molecular weight excluding hydrogens is 342 g/mol. The van der Waals surface area contributed by atoms with Crippen LogP contribution in [0.5, 0.6) is 0 Å². The molecule has 0 amide bonds. The van der Waals surface area contributed by atoms with Crippen LogP contribution in [0.4, 0.5) is 26.3 Å². The average molecular weight is 374 g/mol. The van der Waals surface area contributed by atoms with Crippen LogP contribution < -0.4 is 0 Å².